The lowest BCUT2D eigenvalue weighted by atomic mass is 9.88. The van der Waals surface area contributed by atoms with E-state index >= 15 is 0 Å². The highest BCUT2D eigenvalue weighted by molar-refractivity contribution is 6.34. The van der Waals surface area contributed by atoms with E-state index < -0.39 is 7.32 Å². The van der Waals surface area contributed by atoms with Crippen molar-refractivity contribution in [2.24, 2.45) is 5.41 Å². The summed E-state index contributed by atoms with van der Waals surface area (Å²) in [6.45, 7) is 1.84. The fourth-order valence-corrected chi connectivity index (χ4v) is 1.26. The van der Waals surface area contributed by atoms with Gasteiger partial charge < -0.3 is 23.6 Å². The Labute approximate surface area is 71.4 Å². The van der Waals surface area contributed by atoms with Crippen molar-refractivity contribution in [3.8, 4) is 0 Å². The maximum absolute atomic E-state index is 8.89. The van der Waals surface area contributed by atoms with Crippen LogP contribution in [-0.4, -0.2) is 46.5 Å². The summed E-state index contributed by atoms with van der Waals surface area (Å²) in [5.41, 5.74) is -0.242. The Bertz CT molecular complexity index is 150. The third-order valence-corrected chi connectivity index (χ3v) is 1.98. The number of hydrogen-bond acceptors (Lipinski definition) is 5. The number of rotatable bonds is 0. The molecule has 0 aromatic rings. The molecule has 0 amide bonds. The van der Waals surface area contributed by atoms with Gasteiger partial charge in [-0.2, -0.15) is 0 Å². The fraction of sp³-hybridized carbons (Fsp3) is 1.00. The first-order chi connectivity index (χ1) is 5.81. The van der Waals surface area contributed by atoms with Crippen molar-refractivity contribution < 1.29 is 23.6 Å². The fourth-order valence-electron chi connectivity index (χ4n) is 1.26. The third-order valence-electron chi connectivity index (χ3n) is 1.98. The maximum Gasteiger partial charge on any atom is 0.636 e. The van der Waals surface area contributed by atoms with Crippen LogP contribution in [0.3, 0.4) is 0 Å². The van der Waals surface area contributed by atoms with E-state index in [1.54, 1.807) is 0 Å². The van der Waals surface area contributed by atoms with Crippen molar-refractivity contribution in [1.29, 1.82) is 0 Å². The van der Waals surface area contributed by atoms with Crippen LogP contribution in [0.5, 0.6) is 0 Å². The molecule has 1 N–H and O–H groups in total. The maximum atomic E-state index is 8.89. The Morgan fingerprint density at radius 3 is 2.25 bits per heavy atom. The Morgan fingerprint density at radius 1 is 1.08 bits per heavy atom. The van der Waals surface area contributed by atoms with Crippen molar-refractivity contribution in [2.45, 2.75) is 0 Å². The number of hydrogen-bond donors (Lipinski definition) is 1. The molecule has 65 valence electrons. The van der Waals surface area contributed by atoms with Gasteiger partial charge in [-0.15, -0.1) is 0 Å². The first-order valence-corrected chi connectivity index (χ1v) is 3.77. The smallest absolute Gasteiger partial charge is 0.412 e. The van der Waals surface area contributed by atoms with Crippen LogP contribution in [-0.2, 0) is 18.6 Å². The van der Waals surface area contributed by atoms with Gasteiger partial charge in [0, 0.05) is 26.4 Å². The standard InChI is InChI=1S/C5H9B2O5/c8-7-11-3-5(4-12-7)1-9-6-10-2-5/h8H,1-4H2. The second-order valence-electron chi connectivity index (χ2n) is 3.15. The Morgan fingerprint density at radius 2 is 1.67 bits per heavy atom. The molecule has 2 aliphatic heterocycles. The van der Waals surface area contributed by atoms with Gasteiger partial charge in [-0.1, -0.05) is 0 Å². The quantitative estimate of drug-likeness (QED) is 0.453. The van der Waals surface area contributed by atoms with Crippen LogP contribution in [0.2, 0.25) is 0 Å². The van der Waals surface area contributed by atoms with Crippen molar-refractivity contribution in [3.05, 3.63) is 0 Å². The molecule has 0 atom stereocenters. The summed E-state index contributed by atoms with van der Waals surface area (Å²) >= 11 is 0. The van der Waals surface area contributed by atoms with E-state index in [9.17, 15) is 0 Å². The highest BCUT2D eigenvalue weighted by atomic mass is 16.7. The lowest BCUT2D eigenvalue weighted by Gasteiger charge is -2.39. The molecule has 7 heteroatoms. The first kappa shape index (κ1) is 8.52. The zero-order valence-electron chi connectivity index (χ0n) is 6.56. The second kappa shape index (κ2) is 3.35. The van der Waals surface area contributed by atoms with Crippen molar-refractivity contribution in [2.75, 3.05) is 26.4 Å². The Hall–Kier alpha value is -0.0701. The molecule has 1 spiro atoms. The van der Waals surface area contributed by atoms with Crippen LogP contribution in [0.25, 0.3) is 0 Å². The molecule has 2 rings (SSSR count). The van der Waals surface area contributed by atoms with Crippen LogP contribution in [0.4, 0.5) is 0 Å². The third kappa shape index (κ3) is 1.65. The van der Waals surface area contributed by atoms with Crippen molar-refractivity contribution in [1.82, 2.24) is 0 Å². The van der Waals surface area contributed by atoms with Gasteiger partial charge in [-0.05, 0) is 0 Å². The molecular weight excluding hydrogens is 162 g/mol. The summed E-state index contributed by atoms with van der Waals surface area (Å²) in [4.78, 5) is 0. The van der Waals surface area contributed by atoms with Gasteiger partial charge in [-0.3, -0.25) is 0 Å². The van der Waals surface area contributed by atoms with E-state index in [0.29, 0.717) is 26.4 Å². The molecule has 2 heterocycles. The highest BCUT2D eigenvalue weighted by Gasteiger charge is 2.41. The van der Waals surface area contributed by atoms with Gasteiger partial charge in [0.05, 0.1) is 5.41 Å². The monoisotopic (exact) mass is 171 g/mol. The second-order valence-corrected chi connectivity index (χ2v) is 3.15. The van der Waals surface area contributed by atoms with Crippen LogP contribution < -0.4 is 0 Å². The summed E-state index contributed by atoms with van der Waals surface area (Å²) in [5, 5.41) is 8.89. The minimum Gasteiger partial charge on any atom is -0.412 e. The summed E-state index contributed by atoms with van der Waals surface area (Å²) in [5.74, 6) is 0. The molecular formula is C5H9B2O5. The Balaban J connectivity index is 1.92. The molecule has 2 saturated heterocycles. The highest BCUT2D eigenvalue weighted by Crippen LogP contribution is 2.26. The lowest BCUT2D eigenvalue weighted by Crippen LogP contribution is -2.52. The first-order valence-electron chi connectivity index (χ1n) is 3.77. The average molecular weight is 171 g/mol. The zero-order valence-corrected chi connectivity index (χ0v) is 6.56. The largest absolute Gasteiger partial charge is 0.636 e. The molecule has 2 fully saturated rings. The summed E-state index contributed by atoms with van der Waals surface area (Å²) in [6, 6.07) is 0. The van der Waals surface area contributed by atoms with Gasteiger partial charge in [0.1, 0.15) is 0 Å². The van der Waals surface area contributed by atoms with E-state index in [1.807, 2.05) is 0 Å². The predicted octanol–water partition coefficient (Wildman–Crippen LogP) is -1.42. The molecule has 0 aromatic carbocycles. The zero-order chi connectivity index (χ0) is 8.44. The van der Waals surface area contributed by atoms with Gasteiger partial charge >= 0.3 is 15.0 Å². The summed E-state index contributed by atoms with van der Waals surface area (Å²) in [7, 11) is 0.220. The summed E-state index contributed by atoms with van der Waals surface area (Å²) < 4.78 is 19.9. The van der Waals surface area contributed by atoms with E-state index in [-0.39, 0.29) is 5.41 Å². The van der Waals surface area contributed by atoms with Crippen molar-refractivity contribution in [3.63, 3.8) is 0 Å². The lowest BCUT2D eigenvalue weighted by molar-refractivity contribution is -0.0910. The van der Waals surface area contributed by atoms with Crippen LogP contribution >= 0.6 is 0 Å². The van der Waals surface area contributed by atoms with Gasteiger partial charge in [0.2, 0.25) is 0 Å². The SMILES string of the molecule is OB1OCC2(CO[B]OC2)CO1. The van der Waals surface area contributed by atoms with Gasteiger partial charge in [0.15, 0.2) is 0 Å². The minimum atomic E-state index is -1.10. The van der Waals surface area contributed by atoms with Crippen LogP contribution in [0.15, 0.2) is 0 Å². The van der Waals surface area contributed by atoms with Crippen LogP contribution in [0.1, 0.15) is 0 Å². The molecule has 1 radical (unpaired) electrons. The van der Waals surface area contributed by atoms with E-state index in [2.05, 4.69) is 0 Å². The van der Waals surface area contributed by atoms with Gasteiger partial charge in [0.25, 0.3) is 0 Å². The molecule has 5 nitrogen and oxygen atoms in total. The molecule has 0 saturated carbocycles. The Kier molecular flexibility index (Phi) is 2.38. The normalized spacial score (nSPS) is 28.6. The molecule has 2 aliphatic rings. The van der Waals surface area contributed by atoms with E-state index in [4.69, 9.17) is 23.6 Å². The van der Waals surface area contributed by atoms with Crippen LogP contribution in [0, 0.1) is 5.41 Å². The molecule has 0 aromatic heterocycles. The van der Waals surface area contributed by atoms with E-state index in [1.165, 1.54) is 7.69 Å². The van der Waals surface area contributed by atoms with E-state index in [0.717, 1.165) is 0 Å². The molecule has 0 bridgehead atoms. The molecule has 0 unspecified atom stereocenters. The topological polar surface area (TPSA) is 57.2 Å². The average Bonchev–Trinajstić information content (AvgIpc) is 2.13. The molecule has 0 aliphatic carbocycles. The van der Waals surface area contributed by atoms with Crippen molar-refractivity contribution >= 4 is 15.0 Å². The van der Waals surface area contributed by atoms with Gasteiger partial charge in [-0.25, -0.2) is 0 Å². The predicted molar refractivity (Wildman–Crippen MR) is 40.0 cm³/mol. The molecule has 12 heavy (non-hydrogen) atoms. The minimum absolute atomic E-state index is 0.242. The summed E-state index contributed by atoms with van der Waals surface area (Å²) in [6.07, 6.45) is 0.